The second kappa shape index (κ2) is 4.96. The molecule has 0 aliphatic rings. The highest BCUT2D eigenvalue weighted by molar-refractivity contribution is 5.55. The molecule has 2 aromatic rings. The highest BCUT2D eigenvalue weighted by atomic mass is 19.4. The highest BCUT2D eigenvalue weighted by Crippen LogP contribution is 2.33. The van der Waals surface area contributed by atoms with Gasteiger partial charge in [0, 0.05) is 0 Å². The maximum Gasteiger partial charge on any atom is 0.416 e. The summed E-state index contributed by atoms with van der Waals surface area (Å²) in [6, 6.07) is 2.02. The minimum Gasteiger partial charge on any atom is -0.419 e. The molecule has 1 aromatic carbocycles. The van der Waals surface area contributed by atoms with Gasteiger partial charge in [-0.05, 0) is 25.2 Å². The fourth-order valence-electron chi connectivity index (χ4n) is 1.45. The van der Waals surface area contributed by atoms with Gasteiger partial charge in [0.15, 0.2) is 0 Å². The zero-order valence-electron chi connectivity index (χ0n) is 9.75. The van der Waals surface area contributed by atoms with E-state index in [1.54, 1.807) is 7.05 Å². The number of aromatic nitrogens is 2. The van der Waals surface area contributed by atoms with Gasteiger partial charge in [0.25, 0.3) is 5.89 Å². The molecular formula is C11H9F4N3O. The zero-order chi connectivity index (χ0) is 14.0. The summed E-state index contributed by atoms with van der Waals surface area (Å²) in [5.74, 6) is -0.976. The lowest BCUT2D eigenvalue weighted by molar-refractivity contribution is -0.137. The summed E-state index contributed by atoms with van der Waals surface area (Å²) in [5.41, 5.74) is -1.35. The quantitative estimate of drug-likeness (QED) is 0.875. The van der Waals surface area contributed by atoms with E-state index in [0.717, 1.165) is 6.07 Å². The molecule has 0 amide bonds. The number of hydrogen-bond donors (Lipinski definition) is 1. The molecule has 8 heteroatoms. The van der Waals surface area contributed by atoms with E-state index < -0.39 is 17.6 Å². The maximum absolute atomic E-state index is 13.5. The van der Waals surface area contributed by atoms with Gasteiger partial charge in [0.2, 0.25) is 5.89 Å². The van der Waals surface area contributed by atoms with Crippen molar-refractivity contribution >= 4 is 0 Å². The SMILES string of the molecule is CNCc1nnc(-c2cc(C(F)(F)F)ccc2F)o1. The molecule has 0 fully saturated rings. The lowest BCUT2D eigenvalue weighted by Crippen LogP contribution is -2.05. The lowest BCUT2D eigenvalue weighted by atomic mass is 10.1. The molecule has 0 saturated carbocycles. The van der Waals surface area contributed by atoms with Crippen LogP contribution in [0.5, 0.6) is 0 Å². The largest absolute Gasteiger partial charge is 0.419 e. The van der Waals surface area contributed by atoms with Gasteiger partial charge in [-0.3, -0.25) is 0 Å². The fourth-order valence-corrected chi connectivity index (χ4v) is 1.45. The summed E-state index contributed by atoms with van der Waals surface area (Å²) in [5, 5.41) is 9.84. The Morgan fingerprint density at radius 2 is 2.00 bits per heavy atom. The highest BCUT2D eigenvalue weighted by Gasteiger charge is 2.31. The van der Waals surface area contributed by atoms with Crippen LogP contribution in [0.15, 0.2) is 22.6 Å². The molecule has 4 nitrogen and oxygen atoms in total. The number of nitrogens with zero attached hydrogens (tertiary/aromatic N) is 2. The van der Waals surface area contributed by atoms with Crippen LogP contribution < -0.4 is 5.32 Å². The third kappa shape index (κ3) is 2.90. The Bertz CT molecular complexity index is 580. The molecule has 1 N–H and O–H groups in total. The van der Waals surface area contributed by atoms with E-state index in [1.165, 1.54) is 0 Å². The summed E-state index contributed by atoms with van der Waals surface area (Å²) in [6.45, 7) is 0.244. The first-order valence-corrected chi connectivity index (χ1v) is 5.26. The Hall–Kier alpha value is -1.96. The molecular weight excluding hydrogens is 266 g/mol. The van der Waals surface area contributed by atoms with Gasteiger partial charge >= 0.3 is 6.18 Å². The summed E-state index contributed by atoms with van der Waals surface area (Å²) in [4.78, 5) is 0. The van der Waals surface area contributed by atoms with Gasteiger partial charge in [-0.25, -0.2) is 4.39 Å². The van der Waals surface area contributed by atoms with Crippen LogP contribution in [0.4, 0.5) is 17.6 Å². The van der Waals surface area contributed by atoms with Crippen LogP contribution in [0.1, 0.15) is 11.5 Å². The Kier molecular flexibility index (Phi) is 3.52. The summed E-state index contributed by atoms with van der Waals surface area (Å²) in [7, 11) is 1.63. The van der Waals surface area contributed by atoms with Gasteiger partial charge < -0.3 is 9.73 Å². The molecule has 0 spiro atoms. The van der Waals surface area contributed by atoms with Crippen molar-refractivity contribution in [3.63, 3.8) is 0 Å². The van der Waals surface area contributed by atoms with E-state index in [1.807, 2.05) is 0 Å². The van der Waals surface area contributed by atoms with Crippen LogP contribution in [0.3, 0.4) is 0 Å². The second-order valence-corrected chi connectivity index (χ2v) is 3.72. The molecule has 1 aromatic heterocycles. The smallest absolute Gasteiger partial charge is 0.416 e. The summed E-state index contributed by atoms with van der Waals surface area (Å²) < 4.78 is 56.2. The van der Waals surface area contributed by atoms with Crippen molar-refractivity contribution in [2.45, 2.75) is 12.7 Å². The number of nitrogens with one attached hydrogen (secondary N) is 1. The molecule has 102 valence electrons. The second-order valence-electron chi connectivity index (χ2n) is 3.72. The van der Waals surface area contributed by atoms with E-state index in [2.05, 4.69) is 15.5 Å². The first-order valence-electron chi connectivity index (χ1n) is 5.26. The van der Waals surface area contributed by atoms with Crippen molar-refractivity contribution in [2.24, 2.45) is 0 Å². The number of rotatable bonds is 3. The van der Waals surface area contributed by atoms with Crippen molar-refractivity contribution in [2.75, 3.05) is 7.05 Å². The van der Waals surface area contributed by atoms with E-state index in [4.69, 9.17) is 4.42 Å². The topological polar surface area (TPSA) is 51.0 Å². The Balaban J connectivity index is 2.42. The van der Waals surface area contributed by atoms with E-state index in [9.17, 15) is 17.6 Å². The molecule has 0 aliphatic carbocycles. The van der Waals surface area contributed by atoms with Crippen molar-refractivity contribution in [3.05, 3.63) is 35.5 Å². The van der Waals surface area contributed by atoms with Crippen LogP contribution >= 0.6 is 0 Å². The molecule has 19 heavy (non-hydrogen) atoms. The normalized spacial score (nSPS) is 11.8. The van der Waals surface area contributed by atoms with Crippen molar-refractivity contribution < 1.29 is 22.0 Å². The molecule has 0 aliphatic heterocycles. The Morgan fingerprint density at radius 3 is 2.63 bits per heavy atom. The molecule has 0 radical (unpaired) electrons. The van der Waals surface area contributed by atoms with Crippen molar-refractivity contribution in [1.29, 1.82) is 0 Å². The molecule has 1 heterocycles. The molecule has 0 atom stereocenters. The molecule has 2 rings (SSSR count). The van der Waals surface area contributed by atoms with Gasteiger partial charge in [-0.2, -0.15) is 13.2 Å². The average Bonchev–Trinajstić information content (AvgIpc) is 2.77. The standard InChI is InChI=1S/C11H9F4N3O/c1-16-5-9-17-18-10(19-9)7-4-6(11(13,14)15)2-3-8(7)12/h2-4,16H,5H2,1H3. The van der Waals surface area contributed by atoms with Crippen LogP contribution in [0, 0.1) is 5.82 Å². The first kappa shape index (κ1) is 13.5. The zero-order valence-corrected chi connectivity index (χ0v) is 9.75. The van der Waals surface area contributed by atoms with Crippen molar-refractivity contribution in [1.82, 2.24) is 15.5 Å². The molecule has 0 bridgehead atoms. The van der Waals surface area contributed by atoms with Gasteiger partial charge in [-0.1, -0.05) is 0 Å². The predicted octanol–water partition coefficient (Wildman–Crippen LogP) is 2.61. The minimum atomic E-state index is -4.56. The summed E-state index contributed by atoms with van der Waals surface area (Å²) >= 11 is 0. The van der Waals surface area contributed by atoms with Gasteiger partial charge in [0.1, 0.15) is 5.82 Å². The van der Waals surface area contributed by atoms with Crippen LogP contribution in [-0.2, 0) is 12.7 Å². The van der Waals surface area contributed by atoms with Gasteiger partial charge in [-0.15, -0.1) is 10.2 Å². The number of benzene rings is 1. The van der Waals surface area contributed by atoms with Gasteiger partial charge in [0.05, 0.1) is 17.7 Å². The monoisotopic (exact) mass is 275 g/mol. The van der Waals surface area contributed by atoms with Crippen LogP contribution in [0.25, 0.3) is 11.5 Å². The number of alkyl halides is 3. The van der Waals surface area contributed by atoms with Crippen molar-refractivity contribution in [3.8, 4) is 11.5 Å². The molecule has 0 unspecified atom stereocenters. The van der Waals surface area contributed by atoms with Crippen LogP contribution in [0.2, 0.25) is 0 Å². The lowest BCUT2D eigenvalue weighted by Gasteiger charge is -2.07. The van der Waals surface area contributed by atoms with E-state index in [0.29, 0.717) is 12.1 Å². The van der Waals surface area contributed by atoms with Crippen LogP contribution in [-0.4, -0.2) is 17.2 Å². The third-order valence-electron chi connectivity index (χ3n) is 2.32. The minimum absolute atomic E-state index is 0.161. The van der Waals surface area contributed by atoms with E-state index >= 15 is 0 Å². The third-order valence-corrected chi connectivity index (χ3v) is 2.32. The predicted molar refractivity (Wildman–Crippen MR) is 57.5 cm³/mol. The maximum atomic E-state index is 13.5. The Labute approximate surface area is 105 Å². The average molecular weight is 275 g/mol. The summed E-state index contributed by atoms with van der Waals surface area (Å²) in [6.07, 6.45) is -4.56. The van der Waals surface area contributed by atoms with E-state index in [-0.39, 0.29) is 23.9 Å². The molecule has 0 saturated heterocycles. The Morgan fingerprint density at radius 1 is 1.26 bits per heavy atom. The number of hydrogen-bond acceptors (Lipinski definition) is 4. The fraction of sp³-hybridized carbons (Fsp3) is 0.273. The first-order chi connectivity index (χ1) is 8.91. The number of halogens is 4.